The van der Waals surface area contributed by atoms with Crippen molar-refractivity contribution in [2.45, 2.75) is 0 Å². The number of benzene rings is 5. The van der Waals surface area contributed by atoms with Gasteiger partial charge in [0.25, 0.3) is 0 Å². The molecule has 5 aromatic carbocycles. The molecule has 0 atom stereocenters. The number of anilines is 5. The fourth-order valence-corrected chi connectivity index (χ4v) is 4.22. The second-order valence-corrected chi connectivity index (χ2v) is 7.95. The summed E-state index contributed by atoms with van der Waals surface area (Å²) in [6, 6.07) is 43.3. The van der Waals surface area contributed by atoms with Gasteiger partial charge in [0.15, 0.2) is 0 Å². The van der Waals surface area contributed by atoms with Crippen LogP contribution >= 0.6 is 0 Å². The molecule has 3 nitrogen and oxygen atoms in total. The number of nitrogens with zero attached hydrogens (tertiary/aromatic N) is 1. The molecule has 0 saturated carbocycles. The highest BCUT2D eigenvalue weighted by Crippen LogP contribution is 2.39. The summed E-state index contributed by atoms with van der Waals surface area (Å²) in [7, 11) is 0. The quantitative estimate of drug-likeness (QED) is 0.283. The Labute approximate surface area is 194 Å². The lowest BCUT2D eigenvalue weighted by Gasteiger charge is -2.25. The van der Waals surface area contributed by atoms with Crippen LogP contribution in [0.4, 0.5) is 28.4 Å². The molecule has 0 aliphatic heterocycles. The van der Waals surface area contributed by atoms with Crippen LogP contribution in [-0.4, -0.2) is 0 Å². The predicted molar refractivity (Wildman–Crippen MR) is 141 cm³/mol. The molecule has 5 aromatic rings. The fourth-order valence-electron chi connectivity index (χ4n) is 4.22. The third kappa shape index (κ3) is 4.17. The SMILES string of the molecule is Nc1cccc(-c2cccc(N)c2-c2ccc(N(c3ccccc3)c3ccccc3)cc2)c1. The molecule has 0 saturated heterocycles. The normalized spacial score (nSPS) is 10.7. The van der Waals surface area contributed by atoms with Gasteiger partial charge < -0.3 is 16.4 Å². The maximum atomic E-state index is 6.47. The third-order valence-corrected chi connectivity index (χ3v) is 5.74. The van der Waals surface area contributed by atoms with Crippen molar-refractivity contribution >= 4 is 28.4 Å². The average Bonchev–Trinajstić information content (AvgIpc) is 2.86. The molecule has 0 aliphatic carbocycles. The van der Waals surface area contributed by atoms with Gasteiger partial charge in [0, 0.05) is 34.0 Å². The molecule has 0 bridgehead atoms. The zero-order valence-electron chi connectivity index (χ0n) is 18.2. The minimum Gasteiger partial charge on any atom is -0.399 e. The smallest absolute Gasteiger partial charge is 0.0462 e. The van der Waals surface area contributed by atoms with Crippen LogP contribution in [0.1, 0.15) is 0 Å². The van der Waals surface area contributed by atoms with Gasteiger partial charge in [-0.3, -0.25) is 0 Å². The maximum Gasteiger partial charge on any atom is 0.0462 e. The first-order chi connectivity index (χ1) is 16.2. The molecule has 5 rings (SSSR count). The van der Waals surface area contributed by atoms with Crippen molar-refractivity contribution in [2.24, 2.45) is 0 Å². The van der Waals surface area contributed by atoms with Crippen molar-refractivity contribution in [1.29, 1.82) is 0 Å². The summed E-state index contributed by atoms with van der Waals surface area (Å²) >= 11 is 0. The highest BCUT2D eigenvalue weighted by atomic mass is 15.1. The first kappa shape index (κ1) is 20.4. The van der Waals surface area contributed by atoms with Crippen molar-refractivity contribution in [3.8, 4) is 22.3 Å². The van der Waals surface area contributed by atoms with Crippen molar-refractivity contribution in [3.05, 3.63) is 127 Å². The van der Waals surface area contributed by atoms with Crippen LogP contribution in [0.3, 0.4) is 0 Å². The molecule has 3 heteroatoms. The van der Waals surface area contributed by atoms with Gasteiger partial charge in [-0.1, -0.05) is 72.8 Å². The van der Waals surface area contributed by atoms with E-state index in [-0.39, 0.29) is 0 Å². The van der Waals surface area contributed by atoms with E-state index < -0.39 is 0 Å². The van der Waals surface area contributed by atoms with Gasteiger partial charge in [-0.15, -0.1) is 0 Å². The predicted octanol–water partition coefficient (Wildman–Crippen LogP) is 7.65. The van der Waals surface area contributed by atoms with Crippen molar-refractivity contribution in [2.75, 3.05) is 16.4 Å². The van der Waals surface area contributed by atoms with E-state index in [0.717, 1.165) is 50.7 Å². The summed E-state index contributed by atoms with van der Waals surface area (Å²) in [5.41, 5.74) is 21.5. The molecule has 33 heavy (non-hydrogen) atoms. The van der Waals surface area contributed by atoms with E-state index in [1.165, 1.54) is 0 Å². The molecule has 0 spiro atoms. The number of hydrogen-bond donors (Lipinski definition) is 2. The second-order valence-electron chi connectivity index (χ2n) is 7.95. The molecular formula is C30H25N3. The fraction of sp³-hybridized carbons (Fsp3) is 0. The lowest BCUT2D eigenvalue weighted by molar-refractivity contribution is 1.28. The Balaban J connectivity index is 1.59. The van der Waals surface area contributed by atoms with Crippen LogP contribution in [0.2, 0.25) is 0 Å². The van der Waals surface area contributed by atoms with Crippen LogP contribution in [0.5, 0.6) is 0 Å². The van der Waals surface area contributed by atoms with Gasteiger partial charge in [-0.2, -0.15) is 0 Å². The van der Waals surface area contributed by atoms with Crippen LogP contribution < -0.4 is 16.4 Å². The lowest BCUT2D eigenvalue weighted by atomic mass is 9.92. The van der Waals surface area contributed by atoms with E-state index in [2.05, 4.69) is 89.8 Å². The molecule has 0 fully saturated rings. The number of para-hydroxylation sites is 2. The maximum absolute atomic E-state index is 6.47. The Kier molecular flexibility index (Phi) is 5.52. The topological polar surface area (TPSA) is 55.3 Å². The summed E-state index contributed by atoms with van der Waals surface area (Å²) in [4.78, 5) is 2.25. The molecule has 0 heterocycles. The van der Waals surface area contributed by atoms with Crippen molar-refractivity contribution < 1.29 is 0 Å². The van der Waals surface area contributed by atoms with Gasteiger partial charge in [0.1, 0.15) is 0 Å². The average molecular weight is 428 g/mol. The molecule has 0 radical (unpaired) electrons. The Morgan fingerprint density at radius 2 is 1.03 bits per heavy atom. The van der Waals surface area contributed by atoms with Crippen molar-refractivity contribution in [3.63, 3.8) is 0 Å². The Morgan fingerprint density at radius 1 is 0.455 bits per heavy atom. The summed E-state index contributed by atoms with van der Waals surface area (Å²) in [6.45, 7) is 0. The van der Waals surface area contributed by atoms with Crippen LogP contribution in [-0.2, 0) is 0 Å². The first-order valence-corrected chi connectivity index (χ1v) is 11.0. The largest absolute Gasteiger partial charge is 0.399 e. The number of hydrogen-bond acceptors (Lipinski definition) is 3. The molecular weight excluding hydrogens is 402 g/mol. The van der Waals surface area contributed by atoms with Gasteiger partial charge in [0.05, 0.1) is 0 Å². The molecule has 4 N–H and O–H groups in total. The van der Waals surface area contributed by atoms with Crippen LogP contribution in [0.15, 0.2) is 127 Å². The Morgan fingerprint density at radius 3 is 1.64 bits per heavy atom. The van der Waals surface area contributed by atoms with E-state index >= 15 is 0 Å². The minimum atomic E-state index is 0.734. The molecule has 0 aliphatic rings. The molecule has 0 unspecified atom stereocenters. The summed E-state index contributed by atoms with van der Waals surface area (Å²) < 4.78 is 0. The monoisotopic (exact) mass is 427 g/mol. The van der Waals surface area contributed by atoms with E-state index in [0.29, 0.717) is 0 Å². The highest BCUT2D eigenvalue weighted by Gasteiger charge is 2.14. The number of nitrogens with two attached hydrogens (primary N) is 2. The van der Waals surface area contributed by atoms with Crippen LogP contribution in [0.25, 0.3) is 22.3 Å². The standard InChI is InChI=1S/C30H25N3/c31-24-10-7-9-23(21-24)28-15-8-16-29(32)30(28)22-17-19-27(20-18-22)33(25-11-3-1-4-12-25)26-13-5-2-6-14-26/h1-21H,31-32H2. The second kappa shape index (κ2) is 8.93. The molecule has 160 valence electrons. The third-order valence-electron chi connectivity index (χ3n) is 5.74. The van der Waals surface area contributed by atoms with Gasteiger partial charge in [-0.25, -0.2) is 0 Å². The summed E-state index contributed by atoms with van der Waals surface area (Å²) in [5, 5.41) is 0. The Hall–Kier alpha value is -4.50. The zero-order chi connectivity index (χ0) is 22.6. The van der Waals surface area contributed by atoms with Gasteiger partial charge >= 0.3 is 0 Å². The van der Waals surface area contributed by atoms with E-state index in [4.69, 9.17) is 11.5 Å². The Bertz CT molecular complexity index is 1320. The van der Waals surface area contributed by atoms with Crippen molar-refractivity contribution in [1.82, 2.24) is 0 Å². The lowest BCUT2D eigenvalue weighted by Crippen LogP contribution is -2.09. The van der Waals surface area contributed by atoms with E-state index in [9.17, 15) is 0 Å². The van der Waals surface area contributed by atoms with E-state index in [1.807, 2.05) is 42.5 Å². The van der Waals surface area contributed by atoms with Crippen LogP contribution in [0, 0.1) is 0 Å². The van der Waals surface area contributed by atoms with E-state index in [1.54, 1.807) is 0 Å². The van der Waals surface area contributed by atoms with Gasteiger partial charge in [0.2, 0.25) is 0 Å². The minimum absolute atomic E-state index is 0.734. The van der Waals surface area contributed by atoms with Gasteiger partial charge in [-0.05, 0) is 71.3 Å². The zero-order valence-corrected chi connectivity index (χ0v) is 18.2. The first-order valence-electron chi connectivity index (χ1n) is 11.0. The molecule has 0 amide bonds. The molecule has 0 aromatic heterocycles. The highest BCUT2D eigenvalue weighted by molar-refractivity contribution is 5.92. The number of rotatable bonds is 5. The summed E-state index contributed by atoms with van der Waals surface area (Å²) in [6.07, 6.45) is 0. The summed E-state index contributed by atoms with van der Waals surface area (Å²) in [5.74, 6) is 0. The number of nitrogen functional groups attached to an aromatic ring is 2.